The van der Waals surface area contributed by atoms with E-state index in [9.17, 15) is 20.1 Å². The Morgan fingerprint density at radius 1 is 0.605 bits per heavy atom. The molecule has 0 saturated heterocycles. The first kappa shape index (κ1) is 29.7. The second kappa shape index (κ2) is 13.2. The molecule has 0 bridgehead atoms. The lowest BCUT2D eigenvalue weighted by Crippen LogP contribution is -2.16. The maximum absolute atomic E-state index is 12.3. The van der Waals surface area contributed by atoms with Crippen molar-refractivity contribution >= 4 is 17.1 Å². The maximum Gasteiger partial charge on any atom is 0.314 e. The van der Waals surface area contributed by atoms with E-state index >= 15 is 0 Å². The maximum atomic E-state index is 12.3. The van der Waals surface area contributed by atoms with E-state index < -0.39 is 0 Å². The molecule has 0 saturated carbocycles. The third kappa shape index (κ3) is 6.83. The number of benzene rings is 4. The van der Waals surface area contributed by atoms with E-state index in [4.69, 9.17) is 4.74 Å². The lowest BCUT2D eigenvalue weighted by molar-refractivity contribution is -0.138. The van der Waals surface area contributed by atoms with E-state index in [0.717, 1.165) is 33.4 Å². The van der Waals surface area contributed by atoms with Gasteiger partial charge in [0.1, 0.15) is 23.0 Å². The number of aromatic hydroxyl groups is 3. The van der Waals surface area contributed by atoms with Gasteiger partial charge in [-0.2, -0.15) is 0 Å². The zero-order chi connectivity index (χ0) is 25.7. The third-order valence-electron chi connectivity index (χ3n) is 6.09. The normalized spacial score (nSPS) is 10.9. The molecule has 5 heteroatoms. The Morgan fingerprint density at radius 2 is 0.895 bits per heavy atom. The van der Waals surface area contributed by atoms with Gasteiger partial charge in [0.2, 0.25) is 0 Å². The molecule has 4 aromatic carbocycles. The van der Waals surface area contributed by atoms with Crippen LogP contribution in [0, 0.1) is 5.92 Å². The molecule has 0 radical (unpaired) electrons. The lowest BCUT2D eigenvalue weighted by atomic mass is 9.85. The van der Waals surface area contributed by atoms with Crippen molar-refractivity contribution in [1.82, 2.24) is 0 Å². The molecular weight excluding hydrogens is 476 g/mol. The SMILES string of the molecule is C.C.CCC(C)C(=O)Oc1ccc(C(=C(c2ccc(O)cc2)c2ccc(O)cc2)c2ccc(O)cc2)cc1. The van der Waals surface area contributed by atoms with E-state index in [0.29, 0.717) is 12.2 Å². The van der Waals surface area contributed by atoms with E-state index in [1.165, 1.54) is 0 Å². The minimum atomic E-state index is -0.270. The number of hydrogen-bond donors (Lipinski definition) is 3. The van der Waals surface area contributed by atoms with Crippen LogP contribution in [0.5, 0.6) is 23.0 Å². The van der Waals surface area contributed by atoms with Crippen LogP contribution in [0.2, 0.25) is 0 Å². The summed E-state index contributed by atoms with van der Waals surface area (Å²) in [5.74, 6) is 0.470. The number of carbonyl (C=O) groups excluding carboxylic acids is 1. The predicted molar refractivity (Wildman–Crippen MR) is 154 cm³/mol. The quantitative estimate of drug-likeness (QED) is 0.133. The second-order valence-electron chi connectivity index (χ2n) is 8.65. The highest BCUT2D eigenvalue weighted by atomic mass is 16.5. The number of esters is 1. The van der Waals surface area contributed by atoms with Gasteiger partial charge in [-0.25, -0.2) is 0 Å². The van der Waals surface area contributed by atoms with Crippen LogP contribution < -0.4 is 4.74 Å². The Kier molecular flexibility index (Phi) is 10.3. The Hall–Kier alpha value is -4.51. The Labute approximate surface area is 225 Å². The Balaban J connectivity index is 0.00000253. The van der Waals surface area contributed by atoms with Gasteiger partial charge in [-0.15, -0.1) is 0 Å². The van der Waals surface area contributed by atoms with Crippen LogP contribution in [0.4, 0.5) is 0 Å². The highest BCUT2D eigenvalue weighted by molar-refractivity contribution is 6.04. The van der Waals surface area contributed by atoms with Crippen LogP contribution in [0.25, 0.3) is 11.1 Å². The van der Waals surface area contributed by atoms with Gasteiger partial charge in [-0.05, 0) is 88.4 Å². The first-order valence-corrected chi connectivity index (χ1v) is 11.8. The highest BCUT2D eigenvalue weighted by Gasteiger charge is 2.18. The molecule has 3 N–H and O–H groups in total. The zero-order valence-electron chi connectivity index (χ0n) is 20.2. The van der Waals surface area contributed by atoms with Gasteiger partial charge in [0.05, 0.1) is 5.92 Å². The fourth-order valence-corrected chi connectivity index (χ4v) is 3.87. The summed E-state index contributed by atoms with van der Waals surface area (Å²) < 4.78 is 5.54. The molecule has 0 aliphatic heterocycles. The van der Waals surface area contributed by atoms with E-state index in [1.54, 1.807) is 48.5 Å². The predicted octanol–water partition coefficient (Wildman–Crippen LogP) is 8.03. The monoisotopic (exact) mass is 512 g/mol. The number of carbonyl (C=O) groups is 1. The van der Waals surface area contributed by atoms with Gasteiger partial charge in [0.15, 0.2) is 0 Å². The fourth-order valence-electron chi connectivity index (χ4n) is 3.87. The van der Waals surface area contributed by atoms with E-state index in [-0.39, 0.29) is 44.0 Å². The minimum absolute atomic E-state index is 0. The van der Waals surface area contributed by atoms with Gasteiger partial charge in [-0.1, -0.05) is 77.2 Å². The molecule has 0 fully saturated rings. The average Bonchev–Trinajstić information content (AvgIpc) is 2.89. The molecule has 4 rings (SSSR count). The molecule has 1 atom stereocenters. The lowest BCUT2D eigenvalue weighted by Gasteiger charge is -2.19. The van der Waals surface area contributed by atoms with Crippen LogP contribution in [0.15, 0.2) is 97.1 Å². The summed E-state index contributed by atoms with van der Waals surface area (Å²) in [6.45, 7) is 3.78. The van der Waals surface area contributed by atoms with Crippen molar-refractivity contribution < 1.29 is 24.9 Å². The van der Waals surface area contributed by atoms with Crippen LogP contribution in [-0.2, 0) is 4.79 Å². The van der Waals surface area contributed by atoms with Gasteiger partial charge in [0, 0.05) is 0 Å². The molecule has 0 aromatic heterocycles. The highest BCUT2D eigenvalue weighted by Crippen LogP contribution is 2.38. The summed E-state index contributed by atoms with van der Waals surface area (Å²) in [5.41, 5.74) is 5.16. The number of phenols is 3. The average molecular weight is 513 g/mol. The molecule has 4 aromatic rings. The van der Waals surface area contributed by atoms with Crippen LogP contribution >= 0.6 is 0 Å². The van der Waals surface area contributed by atoms with Gasteiger partial charge in [0.25, 0.3) is 0 Å². The van der Waals surface area contributed by atoms with Crippen molar-refractivity contribution in [2.75, 3.05) is 0 Å². The first-order valence-electron chi connectivity index (χ1n) is 11.8. The van der Waals surface area contributed by atoms with Crippen molar-refractivity contribution in [3.05, 3.63) is 119 Å². The molecule has 0 amide bonds. The number of ether oxygens (including phenoxy) is 1. The van der Waals surface area contributed by atoms with Crippen LogP contribution in [-0.4, -0.2) is 21.3 Å². The first-order chi connectivity index (χ1) is 17.4. The molecular formula is C33H36O5. The number of phenolic OH excluding ortho intramolecular Hbond substituents is 3. The van der Waals surface area contributed by atoms with Gasteiger partial charge < -0.3 is 20.1 Å². The number of hydrogen-bond acceptors (Lipinski definition) is 5. The molecule has 0 spiro atoms. The second-order valence-corrected chi connectivity index (χ2v) is 8.65. The topological polar surface area (TPSA) is 87.0 Å². The van der Waals surface area contributed by atoms with Crippen LogP contribution in [0.1, 0.15) is 57.4 Å². The molecule has 1 unspecified atom stereocenters. The summed E-state index contributed by atoms with van der Waals surface area (Å²) in [6.07, 6.45) is 0.702. The summed E-state index contributed by atoms with van der Waals surface area (Å²) in [7, 11) is 0. The Bertz CT molecular complexity index is 1300. The van der Waals surface area contributed by atoms with E-state index in [2.05, 4.69) is 0 Å². The standard InChI is InChI=1S/C31H28O5.2CH4/c1-3-20(2)31(35)36-28-18-10-24(11-19-28)30(23-8-16-27(34)17-9-23)29(21-4-12-25(32)13-5-21)22-6-14-26(33)15-7-22;;/h4-20,32-34H,3H2,1-2H3;2*1H4. The molecule has 0 heterocycles. The van der Waals surface area contributed by atoms with Crippen molar-refractivity contribution in [2.24, 2.45) is 5.92 Å². The minimum Gasteiger partial charge on any atom is -0.508 e. The summed E-state index contributed by atoms with van der Waals surface area (Å²) in [4.78, 5) is 12.3. The molecule has 0 aliphatic rings. The summed E-state index contributed by atoms with van der Waals surface area (Å²) in [5, 5.41) is 29.7. The molecule has 198 valence electrons. The molecule has 0 aliphatic carbocycles. The third-order valence-corrected chi connectivity index (χ3v) is 6.09. The molecule has 38 heavy (non-hydrogen) atoms. The van der Waals surface area contributed by atoms with Gasteiger partial charge >= 0.3 is 5.97 Å². The largest absolute Gasteiger partial charge is 0.508 e. The van der Waals surface area contributed by atoms with Crippen molar-refractivity contribution in [2.45, 2.75) is 35.1 Å². The fraction of sp³-hybridized carbons (Fsp3) is 0.182. The summed E-state index contributed by atoms with van der Waals surface area (Å²) in [6, 6.07) is 28.1. The van der Waals surface area contributed by atoms with Crippen molar-refractivity contribution in [3.63, 3.8) is 0 Å². The smallest absolute Gasteiger partial charge is 0.314 e. The van der Waals surface area contributed by atoms with Gasteiger partial charge in [-0.3, -0.25) is 4.79 Å². The number of rotatable bonds is 7. The summed E-state index contributed by atoms with van der Waals surface area (Å²) >= 11 is 0. The zero-order valence-corrected chi connectivity index (χ0v) is 20.2. The van der Waals surface area contributed by atoms with Crippen LogP contribution in [0.3, 0.4) is 0 Å². The van der Waals surface area contributed by atoms with Crippen molar-refractivity contribution in [3.8, 4) is 23.0 Å². The molecule has 5 nitrogen and oxygen atoms in total. The van der Waals surface area contributed by atoms with Crippen molar-refractivity contribution in [1.29, 1.82) is 0 Å². The van der Waals surface area contributed by atoms with E-state index in [1.807, 2.05) is 62.4 Å². The Morgan fingerprint density at radius 3 is 1.18 bits per heavy atom.